The maximum absolute atomic E-state index is 13.4. The second-order valence-electron chi connectivity index (χ2n) is 7.73. The van der Waals surface area contributed by atoms with Crippen LogP contribution >= 0.6 is 0 Å². The Morgan fingerprint density at radius 3 is 2.53 bits per heavy atom. The molecule has 2 heterocycles. The van der Waals surface area contributed by atoms with Gasteiger partial charge in [0.15, 0.2) is 9.84 Å². The van der Waals surface area contributed by atoms with Gasteiger partial charge < -0.3 is 4.90 Å². The van der Waals surface area contributed by atoms with Crippen LogP contribution in [0.15, 0.2) is 66.9 Å². The van der Waals surface area contributed by atoms with E-state index in [-0.39, 0.29) is 29.3 Å². The van der Waals surface area contributed by atoms with Crippen LogP contribution < -0.4 is 0 Å². The van der Waals surface area contributed by atoms with Crippen molar-refractivity contribution in [2.24, 2.45) is 0 Å². The number of benzene rings is 2. The third-order valence-corrected chi connectivity index (χ3v) is 7.31. The second kappa shape index (κ2) is 9.08. The number of hydrogen-bond donors (Lipinski definition) is 0. The van der Waals surface area contributed by atoms with Gasteiger partial charge in [-0.2, -0.15) is 5.10 Å². The zero-order valence-electron chi connectivity index (χ0n) is 17.7. The molecule has 2 aromatic carbocycles. The molecule has 1 atom stereocenters. The first-order valence-electron chi connectivity index (χ1n) is 10.5. The quantitative estimate of drug-likeness (QED) is 0.533. The van der Waals surface area contributed by atoms with Crippen LogP contribution in [0.5, 0.6) is 0 Å². The molecule has 3 aromatic rings. The number of carbonyl (C=O) groups excluding carboxylic acids is 1. The van der Waals surface area contributed by atoms with Crippen molar-refractivity contribution in [1.82, 2.24) is 14.7 Å². The number of aromatic nitrogens is 2. The first-order chi connectivity index (χ1) is 15.4. The smallest absolute Gasteiger partial charge is 0.246 e. The van der Waals surface area contributed by atoms with Gasteiger partial charge in [-0.15, -0.1) is 0 Å². The molecule has 8 heteroatoms. The Balaban J connectivity index is 1.65. The number of nitrogens with zero attached hydrogens (tertiary/aromatic N) is 3. The molecule has 1 amide bonds. The highest BCUT2D eigenvalue weighted by Gasteiger charge is 2.33. The zero-order valence-corrected chi connectivity index (χ0v) is 18.5. The second-order valence-corrected chi connectivity index (χ2v) is 9.96. The predicted molar refractivity (Wildman–Crippen MR) is 122 cm³/mol. The number of amides is 1. The minimum absolute atomic E-state index is 0.00713. The van der Waals surface area contributed by atoms with E-state index in [0.717, 1.165) is 11.3 Å². The highest BCUT2D eigenvalue weighted by atomic mass is 32.2. The van der Waals surface area contributed by atoms with Crippen molar-refractivity contribution >= 4 is 21.8 Å². The van der Waals surface area contributed by atoms with Crippen molar-refractivity contribution < 1.29 is 17.6 Å². The SMILES string of the molecule is CCN(C(=O)/C=C\c1cn(-c2ccccc2)nc1-c1ccc(F)cc1)[C@H]1CCS(=O)(=O)C1. The molecule has 0 unspecified atom stereocenters. The summed E-state index contributed by atoms with van der Waals surface area (Å²) in [4.78, 5) is 14.5. The Labute approximate surface area is 186 Å². The van der Waals surface area contributed by atoms with Gasteiger partial charge in [0, 0.05) is 36.0 Å². The fraction of sp³-hybridized carbons (Fsp3) is 0.250. The van der Waals surface area contributed by atoms with E-state index in [1.807, 2.05) is 43.5 Å². The number of rotatable bonds is 6. The van der Waals surface area contributed by atoms with Gasteiger partial charge in [-0.1, -0.05) is 18.2 Å². The molecule has 32 heavy (non-hydrogen) atoms. The van der Waals surface area contributed by atoms with Gasteiger partial charge >= 0.3 is 0 Å². The van der Waals surface area contributed by atoms with E-state index in [2.05, 4.69) is 5.10 Å². The van der Waals surface area contributed by atoms with Gasteiger partial charge in [-0.05, 0) is 55.8 Å². The Morgan fingerprint density at radius 1 is 1.19 bits per heavy atom. The summed E-state index contributed by atoms with van der Waals surface area (Å²) in [7, 11) is -3.09. The van der Waals surface area contributed by atoms with Crippen LogP contribution in [0.4, 0.5) is 4.39 Å². The number of halogens is 1. The van der Waals surface area contributed by atoms with Crippen LogP contribution in [0.2, 0.25) is 0 Å². The van der Waals surface area contributed by atoms with E-state index < -0.39 is 9.84 Å². The van der Waals surface area contributed by atoms with Crippen LogP contribution in [0, 0.1) is 5.82 Å². The number of para-hydroxylation sites is 1. The summed E-state index contributed by atoms with van der Waals surface area (Å²) < 4.78 is 38.8. The lowest BCUT2D eigenvalue weighted by Gasteiger charge is -2.25. The topological polar surface area (TPSA) is 72.3 Å². The average Bonchev–Trinajstić information content (AvgIpc) is 3.37. The summed E-state index contributed by atoms with van der Waals surface area (Å²) in [5, 5.41) is 4.66. The average molecular weight is 454 g/mol. The highest BCUT2D eigenvalue weighted by Crippen LogP contribution is 2.26. The van der Waals surface area contributed by atoms with Crippen molar-refractivity contribution in [3.63, 3.8) is 0 Å². The Hall–Kier alpha value is -3.26. The monoisotopic (exact) mass is 453 g/mol. The van der Waals surface area contributed by atoms with E-state index in [1.165, 1.54) is 18.2 Å². The zero-order chi connectivity index (χ0) is 22.7. The first-order valence-corrected chi connectivity index (χ1v) is 12.3. The standard InChI is InChI=1S/C24H24FN3O3S/c1-2-27(22-14-15-32(30,31)17-22)23(29)13-10-19-16-28(21-6-4-3-5-7-21)26-24(19)18-8-11-20(25)12-9-18/h3-13,16,22H,2,14-15,17H2,1H3/b13-10-/t22-/m0/s1. The van der Waals surface area contributed by atoms with Crippen LogP contribution in [0.1, 0.15) is 18.9 Å². The minimum Gasteiger partial charge on any atom is -0.335 e. The third-order valence-electron chi connectivity index (χ3n) is 5.56. The summed E-state index contributed by atoms with van der Waals surface area (Å²) in [5.41, 5.74) is 2.89. The Kier molecular flexibility index (Phi) is 6.23. The lowest BCUT2D eigenvalue weighted by Crippen LogP contribution is -2.40. The summed E-state index contributed by atoms with van der Waals surface area (Å²) >= 11 is 0. The van der Waals surface area contributed by atoms with Crippen molar-refractivity contribution in [3.05, 3.63) is 78.3 Å². The van der Waals surface area contributed by atoms with Gasteiger partial charge in [-0.25, -0.2) is 17.5 Å². The van der Waals surface area contributed by atoms with Gasteiger partial charge in [-0.3, -0.25) is 4.79 Å². The summed E-state index contributed by atoms with van der Waals surface area (Å²) in [5.74, 6) is -0.461. The molecule has 4 rings (SSSR count). The largest absolute Gasteiger partial charge is 0.335 e. The molecular formula is C24H24FN3O3S. The van der Waals surface area contributed by atoms with Crippen LogP contribution in [-0.2, 0) is 14.6 Å². The molecule has 0 N–H and O–H groups in total. The normalized spacial score (nSPS) is 17.6. The van der Waals surface area contributed by atoms with Crippen LogP contribution in [0.3, 0.4) is 0 Å². The molecular weight excluding hydrogens is 429 g/mol. The molecule has 0 saturated carbocycles. The Bertz CT molecular complexity index is 1240. The Morgan fingerprint density at radius 2 is 1.91 bits per heavy atom. The summed E-state index contributed by atoms with van der Waals surface area (Å²) in [6.07, 6.45) is 5.41. The van der Waals surface area contributed by atoms with E-state index in [1.54, 1.807) is 27.8 Å². The number of hydrogen-bond acceptors (Lipinski definition) is 4. The number of likely N-dealkylation sites (N-methyl/N-ethyl adjacent to an activating group) is 1. The molecule has 166 valence electrons. The van der Waals surface area contributed by atoms with Crippen molar-refractivity contribution in [2.75, 3.05) is 18.1 Å². The molecule has 1 saturated heterocycles. The van der Waals surface area contributed by atoms with E-state index in [0.29, 0.717) is 24.2 Å². The molecule has 0 aliphatic carbocycles. The summed E-state index contributed by atoms with van der Waals surface area (Å²) in [6, 6.07) is 15.3. The van der Waals surface area contributed by atoms with E-state index in [4.69, 9.17) is 0 Å². The number of carbonyl (C=O) groups is 1. The lowest BCUT2D eigenvalue weighted by molar-refractivity contribution is -0.127. The van der Waals surface area contributed by atoms with Gasteiger partial charge in [0.2, 0.25) is 5.91 Å². The fourth-order valence-electron chi connectivity index (χ4n) is 3.93. The number of sulfone groups is 1. The maximum atomic E-state index is 13.4. The molecule has 1 aliphatic heterocycles. The molecule has 0 bridgehead atoms. The van der Waals surface area contributed by atoms with Gasteiger partial charge in [0.05, 0.1) is 22.9 Å². The van der Waals surface area contributed by atoms with Gasteiger partial charge in [0.1, 0.15) is 5.82 Å². The van der Waals surface area contributed by atoms with Crippen LogP contribution in [-0.4, -0.2) is 53.1 Å². The third kappa shape index (κ3) is 4.80. The molecule has 1 aromatic heterocycles. The summed E-state index contributed by atoms with van der Waals surface area (Å²) in [6.45, 7) is 2.27. The van der Waals surface area contributed by atoms with Crippen molar-refractivity contribution in [1.29, 1.82) is 0 Å². The van der Waals surface area contributed by atoms with E-state index in [9.17, 15) is 17.6 Å². The van der Waals surface area contributed by atoms with Crippen molar-refractivity contribution in [2.45, 2.75) is 19.4 Å². The molecule has 1 fully saturated rings. The van der Waals surface area contributed by atoms with Crippen LogP contribution in [0.25, 0.3) is 23.0 Å². The lowest BCUT2D eigenvalue weighted by atomic mass is 10.1. The fourth-order valence-corrected chi connectivity index (χ4v) is 5.66. The molecule has 6 nitrogen and oxygen atoms in total. The maximum Gasteiger partial charge on any atom is 0.246 e. The molecule has 0 spiro atoms. The molecule has 1 aliphatic rings. The van der Waals surface area contributed by atoms with Crippen molar-refractivity contribution in [3.8, 4) is 16.9 Å². The minimum atomic E-state index is -3.09. The first kappa shape index (κ1) is 22.0. The van der Waals surface area contributed by atoms with Gasteiger partial charge in [0.25, 0.3) is 0 Å². The highest BCUT2D eigenvalue weighted by molar-refractivity contribution is 7.91. The van der Waals surface area contributed by atoms with E-state index >= 15 is 0 Å². The predicted octanol–water partition coefficient (Wildman–Crippen LogP) is 3.73. The molecule has 0 radical (unpaired) electrons.